The zero-order chi connectivity index (χ0) is 15.8. The second-order valence-corrected chi connectivity index (χ2v) is 5.86. The third-order valence-corrected chi connectivity index (χ3v) is 3.45. The van der Waals surface area contributed by atoms with Crippen LogP contribution in [0.1, 0.15) is 42.2 Å². The second-order valence-electron chi connectivity index (χ2n) is 4.92. The van der Waals surface area contributed by atoms with Crippen LogP contribution in [0.5, 0.6) is 0 Å². The van der Waals surface area contributed by atoms with Gasteiger partial charge in [-0.1, -0.05) is 13.8 Å². The number of carboxylic acid groups (broad SMARTS) is 1. The van der Waals surface area contributed by atoms with E-state index < -0.39 is 5.97 Å². The van der Waals surface area contributed by atoms with E-state index in [0.29, 0.717) is 17.3 Å². The number of hydrogen-bond acceptors (Lipinski definition) is 5. The maximum Gasteiger partial charge on any atom is 0.355 e. The quantitative estimate of drug-likeness (QED) is 0.664. The first-order chi connectivity index (χ1) is 9.88. The topological polar surface area (TPSA) is 108 Å². The van der Waals surface area contributed by atoms with Gasteiger partial charge in [-0.25, -0.2) is 9.78 Å². The molecule has 0 aliphatic heterocycles. The summed E-state index contributed by atoms with van der Waals surface area (Å²) in [7, 11) is 0. The van der Waals surface area contributed by atoms with Crippen molar-refractivity contribution in [1.29, 1.82) is 0 Å². The number of carbonyl (C=O) groups excluding carboxylic acids is 2. The maximum absolute atomic E-state index is 11.5. The summed E-state index contributed by atoms with van der Waals surface area (Å²) >= 11 is 1.16. The molecule has 1 heterocycles. The highest BCUT2D eigenvalue weighted by molar-refractivity contribution is 7.09. The lowest BCUT2D eigenvalue weighted by molar-refractivity contribution is -0.126. The summed E-state index contributed by atoms with van der Waals surface area (Å²) < 4.78 is 0. The van der Waals surface area contributed by atoms with Crippen molar-refractivity contribution in [1.82, 2.24) is 15.6 Å². The Labute approximate surface area is 126 Å². The van der Waals surface area contributed by atoms with E-state index in [1.54, 1.807) is 0 Å². The number of amides is 2. The number of rotatable bonds is 8. The third kappa shape index (κ3) is 6.84. The number of carboxylic acids is 1. The lowest BCUT2D eigenvalue weighted by Crippen LogP contribution is -2.36. The van der Waals surface area contributed by atoms with Gasteiger partial charge in [0.1, 0.15) is 5.01 Å². The molecule has 0 aromatic carbocycles. The molecule has 0 aliphatic rings. The van der Waals surface area contributed by atoms with Gasteiger partial charge in [0.25, 0.3) is 0 Å². The molecule has 0 aliphatic carbocycles. The summed E-state index contributed by atoms with van der Waals surface area (Å²) in [4.78, 5) is 37.5. The number of aromatic nitrogens is 1. The maximum atomic E-state index is 11.5. The summed E-state index contributed by atoms with van der Waals surface area (Å²) in [5.74, 6) is -1.14. The summed E-state index contributed by atoms with van der Waals surface area (Å²) in [5.41, 5.74) is -0.0359. The van der Waals surface area contributed by atoms with Gasteiger partial charge in [-0.3, -0.25) is 9.59 Å². The fourth-order valence-electron chi connectivity index (χ4n) is 1.41. The van der Waals surface area contributed by atoms with E-state index in [1.807, 2.05) is 13.8 Å². The zero-order valence-electron chi connectivity index (χ0n) is 12.0. The Balaban J connectivity index is 2.24. The average molecular weight is 313 g/mol. The van der Waals surface area contributed by atoms with Gasteiger partial charge >= 0.3 is 5.97 Å². The van der Waals surface area contributed by atoms with Gasteiger partial charge in [0.05, 0.1) is 13.1 Å². The fourth-order valence-corrected chi connectivity index (χ4v) is 2.12. The molecule has 1 aromatic heterocycles. The molecule has 0 unspecified atom stereocenters. The smallest absolute Gasteiger partial charge is 0.355 e. The van der Waals surface area contributed by atoms with Crippen molar-refractivity contribution in [2.75, 3.05) is 6.54 Å². The summed E-state index contributed by atoms with van der Waals surface area (Å²) in [6, 6.07) is 0. The van der Waals surface area contributed by atoms with Crippen LogP contribution in [-0.2, 0) is 16.1 Å². The minimum Gasteiger partial charge on any atom is -0.476 e. The van der Waals surface area contributed by atoms with Crippen LogP contribution in [0.4, 0.5) is 0 Å². The molecule has 21 heavy (non-hydrogen) atoms. The largest absolute Gasteiger partial charge is 0.476 e. The minimum atomic E-state index is -1.10. The molecule has 8 heteroatoms. The number of thiazole rings is 1. The average Bonchev–Trinajstić information content (AvgIpc) is 2.89. The normalized spacial score (nSPS) is 10.4. The molecule has 0 bridgehead atoms. The van der Waals surface area contributed by atoms with Gasteiger partial charge in [-0.05, 0) is 12.3 Å². The number of nitrogens with zero attached hydrogens (tertiary/aromatic N) is 1. The Morgan fingerprint density at radius 3 is 2.57 bits per heavy atom. The van der Waals surface area contributed by atoms with Crippen LogP contribution in [0.25, 0.3) is 0 Å². The highest BCUT2D eigenvalue weighted by Crippen LogP contribution is 2.09. The number of aromatic carboxylic acids is 1. The van der Waals surface area contributed by atoms with E-state index in [-0.39, 0.29) is 30.6 Å². The fraction of sp³-hybridized carbons (Fsp3) is 0.538. The van der Waals surface area contributed by atoms with Crippen LogP contribution in [0, 0.1) is 5.92 Å². The number of carbonyl (C=O) groups is 3. The van der Waals surface area contributed by atoms with Crippen LogP contribution in [0.3, 0.4) is 0 Å². The lowest BCUT2D eigenvalue weighted by Gasteiger charge is -2.07. The molecule has 1 aromatic rings. The molecular formula is C13H19N3O4S. The zero-order valence-corrected chi connectivity index (χ0v) is 12.8. The van der Waals surface area contributed by atoms with E-state index in [2.05, 4.69) is 15.6 Å². The van der Waals surface area contributed by atoms with E-state index in [9.17, 15) is 14.4 Å². The van der Waals surface area contributed by atoms with Crippen molar-refractivity contribution in [3.05, 3.63) is 16.1 Å². The van der Waals surface area contributed by atoms with Crippen LogP contribution in [0.15, 0.2) is 5.38 Å². The monoisotopic (exact) mass is 313 g/mol. The van der Waals surface area contributed by atoms with E-state index >= 15 is 0 Å². The van der Waals surface area contributed by atoms with Gasteiger partial charge in [-0.2, -0.15) is 0 Å². The first kappa shape index (κ1) is 17.1. The van der Waals surface area contributed by atoms with Crippen molar-refractivity contribution in [3.8, 4) is 0 Å². The minimum absolute atomic E-state index is 0.0359. The van der Waals surface area contributed by atoms with Crippen molar-refractivity contribution in [3.63, 3.8) is 0 Å². The molecule has 0 spiro atoms. The summed E-state index contributed by atoms with van der Waals surface area (Å²) in [5, 5.41) is 15.7. The predicted molar refractivity (Wildman–Crippen MR) is 78.0 cm³/mol. The Morgan fingerprint density at radius 2 is 2.00 bits per heavy atom. The molecule has 116 valence electrons. The SMILES string of the molecule is CC(C)CCC(=O)NCC(=O)NCc1nc(C(=O)O)cs1. The van der Waals surface area contributed by atoms with Crippen molar-refractivity contribution < 1.29 is 19.5 Å². The van der Waals surface area contributed by atoms with Gasteiger partial charge in [0.15, 0.2) is 5.69 Å². The second kappa shape index (κ2) is 8.35. The molecule has 2 amide bonds. The van der Waals surface area contributed by atoms with E-state index in [0.717, 1.165) is 17.8 Å². The third-order valence-electron chi connectivity index (χ3n) is 2.60. The number of nitrogens with one attached hydrogen (secondary N) is 2. The van der Waals surface area contributed by atoms with Crippen LogP contribution >= 0.6 is 11.3 Å². The molecular weight excluding hydrogens is 294 g/mol. The Morgan fingerprint density at radius 1 is 1.29 bits per heavy atom. The molecule has 0 atom stereocenters. The van der Waals surface area contributed by atoms with E-state index in [1.165, 1.54) is 5.38 Å². The molecule has 7 nitrogen and oxygen atoms in total. The lowest BCUT2D eigenvalue weighted by atomic mass is 10.1. The van der Waals surface area contributed by atoms with Gasteiger partial charge in [-0.15, -0.1) is 11.3 Å². The summed E-state index contributed by atoms with van der Waals surface area (Å²) in [6.45, 7) is 4.12. The van der Waals surface area contributed by atoms with Crippen molar-refractivity contribution in [2.24, 2.45) is 5.92 Å². The van der Waals surface area contributed by atoms with Crippen molar-refractivity contribution >= 4 is 29.1 Å². The van der Waals surface area contributed by atoms with Crippen LogP contribution in [0.2, 0.25) is 0 Å². The number of hydrogen-bond donors (Lipinski definition) is 3. The van der Waals surface area contributed by atoms with Gasteiger partial charge in [0.2, 0.25) is 11.8 Å². The Hall–Kier alpha value is -1.96. The summed E-state index contributed by atoms with van der Waals surface area (Å²) in [6.07, 6.45) is 1.18. The molecule has 1 rings (SSSR count). The molecule has 0 radical (unpaired) electrons. The molecule has 0 fully saturated rings. The highest BCUT2D eigenvalue weighted by Gasteiger charge is 2.10. The molecule has 0 saturated heterocycles. The van der Waals surface area contributed by atoms with Crippen LogP contribution in [-0.4, -0.2) is 34.4 Å². The Bertz CT molecular complexity index is 513. The van der Waals surface area contributed by atoms with Gasteiger partial charge < -0.3 is 15.7 Å². The molecule has 3 N–H and O–H groups in total. The predicted octanol–water partition coefficient (Wildman–Crippen LogP) is 1.01. The first-order valence-corrected chi connectivity index (χ1v) is 7.47. The van der Waals surface area contributed by atoms with Crippen molar-refractivity contribution in [2.45, 2.75) is 33.2 Å². The first-order valence-electron chi connectivity index (χ1n) is 6.59. The van der Waals surface area contributed by atoms with Gasteiger partial charge in [0, 0.05) is 11.8 Å². The highest BCUT2D eigenvalue weighted by atomic mass is 32.1. The van der Waals surface area contributed by atoms with E-state index in [4.69, 9.17) is 5.11 Å². The molecule has 0 saturated carbocycles. The Kier molecular flexibility index (Phi) is 6.80. The standard InChI is InChI=1S/C13H19N3O4S/c1-8(2)3-4-10(17)14-5-11(18)15-6-12-16-9(7-21-12)13(19)20/h7-8H,3-6H2,1-2H3,(H,14,17)(H,15,18)(H,19,20). The van der Waals surface area contributed by atoms with Crippen LogP contribution < -0.4 is 10.6 Å².